The highest BCUT2D eigenvalue weighted by Gasteiger charge is 2.31. The number of rotatable bonds is 5. The minimum atomic E-state index is -0.622. The van der Waals surface area contributed by atoms with E-state index in [0.29, 0.717) is 42.8 Å². The Balaban J connectivity index is 1.63. The van der Waals surface area contributed by atoms with Crippen molar-refractivity contribution in [2.45, 2.75) is 64.1 Å². The number of nitrogens with one attached hydrogen (secondary N) is 1. The standard InChI is InChI=1S/C21H27ClN6O4/c1-21(2,3)32-20(30)27-14-5-7-15(8-6-14)28(18(22)29)17-12-23-16(11-24-17)13-9-25-19(31-4)26-10-13/h9-12,14-15H,5-8H2,1-4H3,(H,27,30). The number of methoxy groups -OCH3 is 1. The minimum absolute atomic E-state index is 0.0168. The number of alkyl carbamates (subject to hydrolysis) is 1. The molecule has 3 rings (SSSR count). The van der Waals surface area contributed by atoms with Crippen LogP contribution in [0.3, 0.4) is 0 Å². The molecule has 172 valence electrons. The summed E-state index contributed by atoms with van der Waals surface area (Å²) in [7, 11) is 1.49. The van der Waals surface area contributed by atoms with Crippen LogP contribution in [0, 0.1) is 0 Å². The van der Waals surface area contributed by atoms with E-state index in [0.717, 1.165) is 0 Å². The van der Waals surface area contributed by atoms with Gasteiger partial charge in [-0.25, -0.2) is 19.7 Å². The molecule has 0 saturated heterocycles. The Morgan fingerprint density at radius 3 is 2.19 bits per heavy atom. The first-order valence-electron chi connectivity index (χ1n) is 10.3. The SMILES string of the molecule is COc1ncc(-c2cnc(N(C(=O)Cl)C3CCC(NC(=O)OC(C)(C)C)CC3)cn2)cn1. The Kier molecular flexibility index (Phi) is 7.44. The normalized spacial score (nSPS) is 18.5. The lowest BCUT2D eigenvalue weighted by atomic mass is 9.90. The van der Waals surface area contributed by atoms with Gasteiger partial charge in [-0.2, -0.15) is 0 Å². The van der Waals surface area contributed by atoms with Gasteiger partial charge in [0.2, 0.25) is 0 Å². The Hall–Kier alpha value is -3.01. The number of aromatic nitrogens is 4. The zero-order chi connectivity index (χ0) is 23.3. The molecule has 0 spiro atoms. The first kappa shape index (κ1) is 23.6. The minimum Gasteiger partial charge on any atom is -0.467 e. The number of carbonyl (C=O) groups excluding carboxylic acids is 2. The largest absolute Gasteiger partial charge is 0.467 e. The fourth-order valence-corrected chi connectivity index (χ4v) is 3.75. The van der Waals surface area contributed by atoms with Crippen LogP contribution >= 0.6 is 11.6 Å². The molecule has 0 atom stereocenters. The number of nitrogens with zero attached hydrogens (tertiary/aromatic N) is 5. The molecule has 0 radical (unpaired) electrons. The molecular weight excluding hydrogens is 436 g/mol. The van der Waals surface area contributed by atoms with Crippen molar-refractivity contribution in [2.24, 2.45) is 0 Å². The molecule has 0 aliphatic heterocycles. The van der Waals surface area contributed by atoms with Gasteiger partial charge in [-0.3, -0.25) is 14.7 Å². The van der Waals surface area contributed by atoms with Crippen LogP contribution in [-0.2, 0) is 4.74 Å². The first-order valence-corrected chi connectivity index (χ1v) is 10.7. The van der Waals surface area contributed by atoms with Gasteiger partial charge in [-0.15, -0.1) is 0 Å². The van der Waals surface area contributed by atoms with Crippen LogP contribution in [0.4, 0.5) is 15.4 Å². The monoisotopic (exact) mass is 462 g/mol. The lowest BCUT2D eigenvalue weighted by Crippen LogP contribution is -2.46. The zero-order valence-corrected chi connectivity index (χ0v) is 19.3. The van der Waals surface area contributed by atoms with Crippen molar-refractivity contribution in [2.75, 3.05) is 12.0 Å². The number of ether oxygens (including phenoxy) is 2. The van der Waals surface area contributed by atoms with Crippen molar-refractivity contribution in [3.63, 3.8) is 0 Å². The Morgan fingerprint density at radius 2 is 1.69 bits per heavy atom. The van der Waals surface area contributed by atoms with Crippen molar-refractivity contribution >= 4 is 28.9 Å². The molecule has 0 aromatic carbocycles. The van der Waals surface area contributed by atoms with Crippen molar-refractivity contribution in [1.29, 1.82) is 0 Å². The predicted molar refractivity (Wildman–Crippen MR) is 119 cm³/mol. The molecule has 2 heterocycles. The number of hydrogen-bond acceptors (Lipinski definition) is 8. The second-order valence-electron chi connectivity index (χ2n) is 8.49. The van der Waals surface area contributed by atoms with Crippen LogP contribution < -0.4 is 15.0 Å². The van der Waals surface area contributed by atoms with Crippen LogP contribution in [0.15, 0.2) is 24.8 Å². The van der Waals surface area contributed by atoms with Crippen molar-refractivity contribution < 1.29 is 19.1 Å². The molecule has 2 amide bonds. The topological polar surface area (TPSA) is 119 Å². The summed E-state index contributed by atoms with van der Waals surface area (Å²) in [6.45, 7) is 5.46. The smallest absolute Gasteiger partial charge is 0.407 e. The Bertz CT molecular complexity index is 925. The summed E-state index contributed by atoms with van der Waals surface area (Å²) in [4.78, 5) is 42.5. The van der Waals surface area contributed by atoms with Gasteiger partial charge < -0.3 is 14.8 Å². The molecule has 1 saturated carbocycles. The number of amides is 2. The van der Waals surface area contributed by atoms with E-state index in [2.05, 4.69) is 25.3 Å². The zero-order valence-electron chi connectivity index (χ0n) is 18.5. The molecule has 2 aromatic heterocycles. The van der Waals surface area contributed by atoms with Crippen molar-refractivity contribution in [3.05, 3.63) is 24.8 Å². The lowest BCUT2D eigenvalue weighted by Gasteiger charge is -2.35. The fraction of sp³-hybridized carbons (Fsp3) is 0.524. The van der Waals surface area contributed by atoms with E-state index in [9.17, 15) is 9.59 Å². The summed E-state index contributed by atoms with van der Waals surface area (Å²) in [6.07, 6.45) is 8.49. The average Bonchev–Trinajstić information content (AvgIpc) is 2.74. The highest BCUT2D eigenvalue weighted by Crippen LogP contribution is 2.28. The summed E-state index contributed by atoms with van der Waals surface area (Å²) < 4.78 is 10.3. The highest BCUT2D eigenvalue weighted by atomic mass is 35.5. The van der Waals surface area contributed by atoms with Crippen LogP contribution in [0.2, 0.25) is 0 Å². The molecule has 0 bridgehead atoms. The number of carbonyl (C=O) groups is 2. The first-order chi connectivity index (χ1) is 15.2. The van der Waals surface area contributed by atoms with E-state index < -0.39 is 17.1 Å². The molecule has 1 aliphatic rings. The molecule has 1 fully saturated rings. The van der Waals surface area contributed by atoms with E-state index in [1.807, 2.05) is 20.8 Å². The van der Waals surface area contributed by atoms with Crippen molar-refractivity contribution in [1.82, 2.24) is 25.3 Å². The number of hydrogen-bond donors (Lipinski definition) is 1. The Labute approximate surface area is 191 Å². The molecule has 10 nitrogen and oxygen atoms in total. The summed E-state index contributed by atoms with van der Waals surface area (Å²) in [5, 5.41) is 2.27. The van der Waals surface area contributed by atoms with Gasteiger partial charge in [-0.1, -0.05) is 0 Å². The van der Waals surface area contributed by atoms with Crippen LogP contribution in [0.25, 0.3) is 11.3 Å². The molecule has 1 N–H and O–H groups in total. The molecule has 1 aliphatic carbocycles. The van der Waals surface area contributed by atoms with Gasteiger partial charge in [0.1, 0.15) is 5.60 Å². The van der Waals surface area contributed by atoms with E-state index in [1.54, 1.807) is 18.6 Å². The maximum Gasteiger partial charge on any atom is 0.407 e. The lowest BCUT2D eigenvalue weighted by molar-refractivity contribution is 0.0491. The van der Waals surface area contributed by atoms with E-state index in [1.165, 1.54) is 18.2 Å². The average molecular weight is 463 g/mol. The van der Waals surface area contributed by atoms with Gasteiger partial charge in [0, 0.05) is 30.0 Å². The van der Waals surface area contributed by atoms with Crippen molar-refractivity contribution in [3.8, 4) is 17.3 Å². The third kappa shape index (κ3) is 6.25. The van der Waals surface area contributed by atoms with Crippen LogP contribution in [0.1, 0.15) is 46.5 Å². The maximum absolute atomic E-state index is 12.2. The van der Waals surface area contributed by atoms with Gasteiger partial charge in [-0.05, 0) is 58.1 Å². The van der Waals surface area contributed by atoms with E-state index in [-0.39, 0.29) is 18.1 Å². The van der Waals surface area contributed by atoms with E-state index >= 15 is 0 Å². The quantitative estimate of drug-likeness (QED) is 0.524. The van der Waals surface area contributed by atoms with Crippen LogP contribution in [0.5, 0.6) is 6.01 Å². The third-order valence-electron chi connectivity index (χ3n) is 4.96. The summed E-state index contributed by atoms with van der Waals surface area (Å²) in [5.74, 6) is 0.367. The number of anilines is 1. The summed E-state index contributed by atoms with van der Waals surface area (Å²) in [6, 6.07) is 0.104. The summed E-state index contributed by atoms with van der Waals surface area (Å²) >= 11 is 5.89. The Morgan fingerprint density at radius 1 is 1.03 bits per heavy atom. The predicted octanol–water partition coefficient (Wildman–Crippen LogP) is 3.94. The maximum atomic E-state index is 12.2. The highest BCUT2D eigenvalue weighted by molar-refractivity contribution is 6.66. The third-order valence-corrected chi connectivity index (χ3v) is 5.15. The molecule has 0 unspecified atom stereocenters. The second kappa shape index (κ2) is 10.1. The van der Waals surface area contributed by atoms with Gasteiger partial charge in [0.05, 0.1) is 25.2 Å². The number of halogens is 1. The fourth-order valence-electron chi connectivity index (χ4n) is 3.52. The summed E-state index contributed by atoms with van der Waals surface area (Å²) in [5.41, 5.74) is 0.678. The van der Waals surface area contributed by atoms with Crippen LogP contribution in [-0.4, -0.2) is 56.2 Å². The molecule has 11 heteroatoms. The van der Waals surface area contributed by atoms with Gasteiger partial charge >= 0.3 is 17.5 Å². The molecule has 2 aromatic rings. The molecule has 32 heavy (non-hydrogen) atoms. The molecular formula is C21H27ClN6O4. The van der Waals surface area contributed by atoms with Gasteiger partial charge in [0.25, 0.3) is 0 Å². The van der Waals surface area contributed by atoms with E-state index in [4.69, 9.17) is 21.1 Å². The van der Waals surface area contributed by atoms with Gasteiger partial charge in [0.15, 0.2) is 5.82 Å². The second-order valence-corrected chi connectivity index (χ2v) is 8.82.